The van der Waals surface area contributed by atoms with Crippen molar-refractivity contribution in [1.29, 1.82) is 0 Å². The van der Waals surface area contributed by atoms with Gasteiger partial charge in [0, 0.05) is 17.8 Å². The van der Waals surface area contributed by atoms with E-state index >= 15 is 0 Å². The van der Waals surface area contributed by atoms with E-state index in [9.17, 15) is 4.39 Å². The number of aromatic nitrogens is 2. The number of nitrogens with one attached hydrogen (secondary N) is 1. The van der Waals surface area contributed by atoms with Crippen LogP contribution in [0.2, 0.25) is 0 Å². The second kappa shape index (κ2) is 5.29. The molecule has 0 amide bonds. The zero-order chi connectivity index (χ0) is 14.1. The Morgan fingerprint density at radius 1 is 1.30 bits per heavy atom. The van der Waals surface area contributed by atoms with Gasteiger partial charge in [-0.25, -0.2) is 14.4 Å². The van der Waals surface area contributed by atoms with Crippen LogP contribution in [0.15, 0.2) is 18.2 Å². The third-order valence-electron chi connectivity index (χ3n) is 3.77. The van der Waals surface area contributed by atoms with Gasteiger partial charge in [-0.15, -0.1) is 0 Å². The van der Waals surface area contributed by atoms with E-state index in [4.69, 9.17) is 0 Å². The first-order valence-electron chi connectivity index (χ1n) is 7.05. The molecule has 104 valence electrons. The molecule has 2 aromatic rings. The molecule has 0 fully saturated rings. The Balaban J connectivity index is 2.11. The lowest BCUT2D eigenvalue weighted by Crippen LogP contribution is -2.26. The van der Waals surface area contributed by atoms with Crippen LogP contribution in [0.4, 0.5) is 4.39 Å². The van der Waals surface area contributed by atoms with Crippen LogP contribution in [-0.4, -0.2) is 16.5 Å². The standard InChI is InChI=1S/C16H18FN3/c1-3-14-12-6-7-18-9-15(12)20-16(19-14)11-4-5-13(17)10(2)8-11/h4-5,8,18H,3,6-7,9H2,1-2H3. The molecule has 3 rings (SSSR count). The summed E-state index contributed by atoms with van der Waals surface area (Å²) in [5.41, 5.74) is 4.99. The Bertz CT molecular complexity index is 635. The predicted molar refractivity (Wildman–Crippen MR) is 77.0 cm³/mol. The van der Waals surface area contributed by atoms with Crippen molar-refractivity contribution < 1.29 is 4.39 Å². The molecule has 4 heteroatoms. The van der Waals surface area contributed by atoms with E-state index in [1.165, 1.54) is 11.6 Å². The highest BCUT2D eigenvalue weighted by Crippen LogP contribution is 2.23. The molecule has 0 atom stereocenters. The monoisotopic (exact) mass is 271 g/mol. The van der Waals surface area contributed by atoms with Gasteiger partial charge in [0.25, 0.3) is 0 Å². The molecule has 1 aliphatic rings. The zero-order valence-corrected chi connectivity index (χ0v) is 11.8. The Hall–Kier alpha value is -1.81. The van der Waals surface area contributed by atoms with Crippen LogP contribution in [-0.2, 0) is 19.4 Å². The lowest BCUT2D eigenvalue weighted by Gasteiger charge is -2.19. The largest absolute Gasteiger partial charge is 0.311 e. The molecule has 3 nitrogen and oxygen atoms in total. The van der Waals surface area contributed by atoms with Gasteiger partial charge in [0.2, 0.25) is 0 Å². The summed E-state index contributed by atoms with van der Waals surface area (Å²) in [4.78, 5) is 9.35. The van der Waals surface area contributed by atoms with Gasteiger partial charge in [0.1, 0.15) is 5.82 Å². The van der Waals surface area contributed by atoms with Gasteiger partial charge >= 0.3 is 0 Å². The number of rotatable bonds is 2. The van der Waals surface area contributed by atoms with Crippen LogP contribution < -0.4 is 5.32 Å². The number of halogens is 1. The maximum Gasteiger partial charge on any atom is 0.159 e. The Kier molecular flexibility index (Phi) is 3.49. The summed E-state index contributed by atoms with van der Waals surface area (Å²) in [6.45, 7) is 5.65. The second-order valence-corrected chi connectivity index (χ2v) is 5.16. The Labute approximate surface area is 118 Å². The topological polar surface area (TPSA) is 37.8 Å². The van der Waals surface area contributed by atoms with Gasteiger partial charge in [0.05, 0.1) is 5.69 Å². The fourth-order valence-corrected chi connectivity index (χ4v) is 2.64. The smallest absolute Gasteiger partial charge is 0.159 e. The summed E-state index contributed by atoms with van der Waals surface area (Å²) in [6, 6.07) is 5.05. The van der Waals surface area contributed by atoms with Crippen molar-refractivity contribution in [3.05, 3.63) is 46.5 Å². The minimum Gasteiger partial charge on any atom is -0.311 e. The molecule has 1 aromatic heterocycles. The van der Waals surface area contributed by atoms with Crippen LogP contribution in [0.25, 0.3) is 11.4 Å². The molecule has 1 aromatic carbocycles. The number of aryl methyl sites for hydroxylation is 2. The molecule has 0 aliphatic carbocycles. The van der Waals surface area contributed by atoms with E-state index in [0.29, 0.717) is 11.4 Å². The van der Waals surface area contributed by atoms with E-state index in [2.05, 4.69) is 22.2 Å². The van der Waals surface area contributed by atoms with Crippen LogP contribution in [0.1, 0.15) is 29.4 Å². The van der Waals surface area contributed by atoms with Gasteiger partial charge in [-0.1, -0.05) is 6.92 Å². The van der Waals surface area contributed by atoms with Crippen molar-refractivity contribution >= 4 is 0 Å². The van der Waals surface area contributed by atoms with Gasteiger partial charge in [-0.3, -0.25) is 0 Å². The van der Waals surface area contributed by atoms with Crippen molar-refractivity contribution in [2.75, 3.05) is 6.54 Å². The minimum atomic E-state index is -0.191. The van der Waals surface area contributed by atoms with Gasteiger partial charge in [-0.05, 0) is 55.6 Å². The summed E-state index contributed by atoms with van der Waals surface area (Å²) >= 11 is 0. The molecule has 0 bridgehead atoms. The zero-order valence-electron chi connectivity index (χ0n) is 11.8. The summed E-state index contributed by atoms with van der Waals surface area (Å²) in [6.07, 6.45) is 1.89. The number of benzene rings is 1. The van der Waals surface area contributed by atoms with Crippen molar-refractivity contribution in [2.24, 2.45) is 0 Å². The number of hydrogen-bond acceptors (Lipinski definition) is 3. The molecule has 0 radical (unpaired) electrons. The van der Waals surface area contributed by atoms with Gasteiger partial charge in [-0.2, -0.15) is 0 Å². The first kappa shape index (κ1) is 13.2. The first-order chi connectivity index (χ1) is 9.69. The van der Waals surface area contributed by atoms with Gasteiger partial charge < -0.3 is 5.32 Å². The second-order valence-electron chi connectivity index (χ2n) is 5.16. The SMILES string of the molecule is CCc1nc(-c2ccc(F)c(C)c2)nc2c1CCNC2. The quantitative estimate of drug-likeness (QED) is 0.912. The maximum absolute atomic E-state index is 13.4. The molecule has 1 aliphatic heterocycles. The van der Waals surface area contributed by atoms with E-state index in [-0.39, 0.29) is 5.82 Å². The molecule has 0 saturated carbocycles. The van der Waals surface area contributed by atoms with Crippen molar-refractivity contribution in [3.63, 3.8) is 0 Å². The van der Waals surface area contributed by atoms with E-state index in [1.54, 1.807) is 13.0 Å². The first-order valence-corrected chi connectivity index (χ1v) is 7.05. The summed E-state index contributed by atoms with van der Waals surface area (Å²) in [5.74, 6) is 0.511. The molecule has 0 saturated heterocycles. The summed E-state index contributed by atoms with van der Waals surface area (Å²) in [5, 5.41) is 3.34. The Morgan fingerprint density at radius 3 is 2.90 bits per heavy atom. The lowest BCUT2D eigenvalue weighted by atomic mass is 10.0. The van der Waals surface area contributed by atoms with Crippen LogP contribution in [0.5, 0.6) is 0 Å². The molecule has 0 spiro atoms. The number of nitrogens with zero attached hydrogens (tertiary/aromatic N) is 2. The maximum atomic E-state index is 13.4. The van der Waals surface area contributed by atoms with Crippen molar-refractivity contribution in [3.8, 4) is 11.4 Å². The summed E-state index contributed by atoms with van der Waals surface area (Å²) in [7, 11) is 0. The van der Waals surface area contributed by atoms with Gasteiger partial charge in [0.15, 0.2) is 5.82 Å². The van der Waals surface area contributed by atoms with E-state index in [1.807, 2.05) is 6.07 Å². The number of fused-ring (bicyclic) bond motifs is 1. The number of hydrogen-bond donors (Lipinski definition) is 1. The minimum absolute atomic E-state index is 0.191. The van der Waals surface area contributed by atoms with Crippen LogP contribution >= 0.6 is 0 Å². The average Bonchev–Trinajstić information content (AvgIpc) is 2.49. The molecule has 0 unspecified atom stereocenters. The van der Waals surface area contributed by atoms with Crippen LogP contribution in [0.3, 0.4) is 0 Å². The van der Waals surface area contributed by atoms with E-state index in [0.717, 1.165) is 42.9 Å². The normalized spacial score (nSPS) is 14.2. The Morgan fingerprint density at radius 2 is 2.15 bits per heavy atom. The highest BCUT2D eigenvalue weighted by atomic mass is 19.1. The average molecular weight is 271 g/mol. The van der Waals surface area contributed by atoms with Crippen molar-refractivity contribution in [1.82, 2.24) is 15.3 Å². The fraction of sp³-hybridized carbons (Fsp3) is 0.375. The highest BCUT2D eigenvalue weighted by Gasteiger charge is 2.17. The van der Waals surface area contributed by atoms with Crippen molar-refractivity contribution in [2.45, 2.75) is 33.2 Å². The third-order valence-corrected chi connectivity index (χ3v) is 3.77. The molecule has 20 heavy (non-hydrogen) atoms. The third kappa shape index (κ3) is 2.31. The predicted octanol–water partition coefficient (Wildman–Crippen LogP) is 2.80. The lowest BCUT2D eigenvalue weighted by molar-refractivity contribution is 0.615. The molecular formula is C16H18FN3. The molecule has 2 heterocycles. The summed E-state index contributed by atoms with van der Waals surface area (Å²) < 4.78 is 13.4. The molecular weight excluding hydrogens is 253 g/mol. The molecule has 1 N–H and O–H groups in total. The van der Waals surface area contributed by atoms with E-state index < -0.39 is 0 Å². The van der Waals surface area contributed by atoms with Crippen LogP contribution in [0, 0.1) is 12.7 Å². The fourth-order valence-electron chi connectivity index (χ4n) is 2.64. The highest BCUT2D eigenvalue weighted by molar-refractivity contribution is 5.57.